The van der Waals surface area contributed by atoms with E-state index in [1.165, 1.54) is 17.2 Å². The number of amides is 2. The summed E-state index contributed by atoms with van der Waals surface area (Å²) in [7, 11) is 3.33. The smallest absolute Gasteiger partial charge is 0.253 e. The highest BCUT2D eigenvalue weighted by Crippen LogP contribution is 2.23. The normalized spacial score (nSPS) is 10.5. The van der Waals surface area contributed by atoms with Crippen molar-refractivity contribution in [3.63, 3.8) is 0 Å². The minimum absolute atomic E-state index is 0.142. The molecule has 6 nitrogen and oxygen atoms in total. The van der Waals surface area contributed by atoms with Crippen molar-refractivity contribution in [3.8, 4) is 11.3 Å². The maximum atomic E-state index is 13.8. The van der Waals surface area contributed by atoms with E-state index in [0.29, 0.717) is 28.5 Å². The molecule has 0 saturated carbocycles. The first-order valence-corrected chi connectivity index (χ1v) is 8.75. The van der Waals surface area contributed by atoms with Gasteiger partial charge in [0.2, 0.25) is 5.91 Å². The molecule has 0 saturated heterocycles. The summed E-state index contributed by atoms with van der Waals surface area (Å²) in [5.41, 5.74) is 1.36. The molecular weight excluding hydrogens is 361 g/mol. The van der Waals surface area contributed by atoms with Crippen molar-refractivity contribution in [3.05, 3.63) is 72.0 Å². The van der Waals surface area contributed by atoms with Gasteiger partial charge in [-0.15, -0.1) is 0 Å². The van der Waals surface area contributed by atoms with Gasteiger partial charge < -0.3 is 14.6 Å². The molecule has 0 fully saturated rings. The van der Waals surface area contributed by atoms with Crippen LogP contribution in [-0.2, 0) is 11.2 Å². The Morgan fingerprint density at radius 1 is 1.14 bits per heavy atom. The average Bonchev–Trinajstić information content (AvgIpc) is 3.15. The molecular formula is C21H20FN3O3. The molecule has 3 aromatic rings. The van der Waals surface area contributed by atoms with Gasteiger partial charge in [-0.05, 0) is 30.3 Å². The molecule has 0 unspecified atom stereocenters. The van der Waals surface area contributed by atoms with Crippen LogP contribution in [-0.4, -0.2) is 35.8 Å². The Kier molecular flexibility index (Phi) is 5.84. The highest BCUT2D eigenvalue weighted by molar-refractivity contribution is 5.97. The molecule has 2 aromatic carbocycles. The van der Waals surface area contributed by atoms with E-state index in [2.05, 4.69) is 10.3 Å². The summed E-state index contributed by atoms with van der Waals surface area (Å²) in [6, 6.07) is 13.0. The number of hydrogen-bond acceptors (Lipinski definition) is 4. The van der Waals surface area contributed by atoms with E-state index in [4.69, 9.17) is 4.42 Å². The van der Waals surface area contributed by atoms with Gasteiger partial charge in [-0.3, -0.25) is 9.59 Å². The van der Waals surface area contributed by atoms with Crippen LogP contribution in [0.1, 0.15) is 22.7 Å². The molecule has 0 aliphatic heterocycles. The van der Waals surface area contributed by atoms with E-state index in [1.54, 1.807) is 56.6 Å². The van der Waals surface area contributed by atoms with Crippen LogP contribution in [0.15, 0.2) is 59.1 Å². The Morgan fingerprint density at radius 3 is 2.68 bits per heavy atom. The number of rotatable bonds is 6. The minimum Gasteiger partial charge on any atom is -0.441 e. The van der Waals surface area contributed by atoms with Crippen LogP contribution in [0, 0.1) is 5.82 Å². The first-order chi connectivity index (χ1) is 13.4. The van der Waals surface area contributed by atoms with Crippen molar-refractivity contribution >= 4 is 17.5 Å². The van der Waals surface area contributed by atoms with Gasteiger partial charge >= 0.3 is 0 Å². The van der Waals surface area contributed by atoms with Crippen molar-refractivity contribution in [1.82, 2.24) is 9.88 Å². The number of nitrogens with one attached hydrogen (secondary N) is 1. The zero-order chi connectivity index (χ0) is 20.1. The maximum absolute atomic E-state index is 13.8. The molecule has 0 radical (unpaired) electrons. The second kappa shape index (κ2) is 8.47. The van der Waals surface area contributed by atoms with Gasteiger partial charge in [0.1, 0.15) is 5.82 Å². The zero-order valence-electron chi connectivity index (χ0n) is 15.6. The zero-order valence-corrected chi connectivity index (χ0v) is 15.6. The fourth-order valence-electron chi connectivity index (χ4n) is 2.64. The molecule has 0 spiro atoms. The van der Waals surface area contributed by atoms with Crippen molar-refractivity contribution in [1.29, 1.82) is 0 Å². The van der Waals surface area contributed by atoms with Crippen LogP contribution in [0.25, 0.3) is 11.3 Å². The van der Waals surface area contributed by atoms with E-state index < -0.39 is 5.82 Å². The molecule has 0 aliphatic carbocycles. The van der Waals surface area contributed by atoms with Crippen LogP contribution in [0.3, 0.4) is 0 Å². The SMILES string of the molecule is CN(C)C(=O)c1cccc(NC(=O)CCc2ncc(-c3ccccc3F)o2)c1. The fourth-order valence-corrected chi connectivity index (χ4v) is 2.64. The molecule has 0 atom stereocenters. The number of hydrogen-bond donors (Lipinski definition) is 1. The van der Waals surface area contributed by atoms with E-state index in [9.17, 15) is 14.0 Å². The van der Waals surface area contributed by atoms with Crippen LogP contribution >= 0.6 is 0 Å². The third-order valence-corrected chi connectivity index (χ3v) is 4.06. The number of oxazole rings is 1. The second-order valence-electron chi connectivity index (χ2n) is 6.43. The van der Waals surface area contributed by atoms with E-state index in [-0.39, 0.29) is 24.7 Å². The standard InChI is InChI=1S/C21H20FN3O3/c1-25(2)21(27)14-6-5-7-15(12-14)24-19(26)10-11-20-23-13-18(28-20)16-8-3-4-9-17(16)22/h3-9,12-13H,10-11H2,1-2H3,(H,24,26). The molecule has 0 aliphatic rings. The predicted molar refractivity (Wildman–Crippen MR) is 103 cm³/mol. The Labute approximate surface area is 162 Å². The number of anilines is 1. The number of aryl methyl sites for hydroxylation is 1. The van der Waals surface area contributed by atoms with Crippen LogP contribution in [0.4, 0.5) is 10.1 Å². The topological polar surface area (TPSA) is 75.4 Å². The average molecular weight is 381 g/mol. The fraction of sp³-hybridized carbons (Fsp3) is 0.190. The van der Waals surface area contributed by atoms with Gasteiger partial charge in [0.15, 0.2) is 11.7 Å². The quantitative estimate of drug-likeness (QED) is 0.706. The molecule has 144 valence electrons. The van der Waals surface area contributed by atoms with Gasteiger partial charge in [-0.1, -0.05) is 18.2 Å². The number of nitrogens with zero attached hydrogens (tertiary/aromatic N) is 2. The van der Waals surface area contributed by atoms with E-state index in [1.807, 2.05) is 0 Å². The van der Waals surface area contributed by atoms with Crippen LogP contribution < -0.4 is 5.32 Å². The Hall–Kier alpha value is -3.48. The summed E-state index contributed by atoms with van der Waals surface area (Å²) in [5, 5.41) is 2.75. The summed E-state index contributed by atoms with van der Waals surface area (Å²) in [6.07, 6.45) is 1.86. The van der Waals surface area contributed by atoms with Crippen LogP contribution in [0.5, 0.6) is 0 Å². The van der Waals surface area contributed by atoms with E-state index in [0.717, 1.165) is 0 Å². The maximum Gasteiger partial charge on any atom is 0.253 e. The van der Waals surface area contributed by atoms with Crippen LogP contribution in [0.2, 0.25) is 0 Å². The highest BCUT2D eigenvalue weighted by atomic mass is 19.1. The Morgan fingerprint density at radius 2 is 1.93 bits per heavy atom. The summed E-state index contributed by atoms with van der Waals surface area (Å²) in [6.45, 7) is 0. The molecule has 2 amide bonds. The number of carbonyl (C=O) groups excluding carboxylic acids is 2. The van der Waals surface area contributed by atoms with Gasteiger partial charge in [0, 0.05) is 38.2 Å². The van der Waals surface area contributed by atoms with Crippen molar-refractivity contribution < 1.29 is 18.4 Å². The lowest BCUT2D eigenvalue weighted by molar-refractivity contribution is -0.116. The molecule has 0 bridgehead atoms. The largest absolute Gasteiger partial charge is 0.441 e. The lowest BCUT2D eigenvalue weighted by Gasteiger charge is -2.11. The number of benzene rings is 2. The monoisotopic (exact) mass is 381 g/mol. The number of carbonyl (C=O) groups is 2. The molecule has 1 heterocycles. The lowest BCUT2D eigenvalue weighted by atomic mass is 10.1. The second-order valence-corrected chi connectivity index (χ2v) is 6.43. The minimum atomic E-state index is -0.393. The van der Waals surface area contributed by atoms with Gasteiger partial charge in [0.05, 0.1) is 11.8 Å². The summed E-state index contributed by atoms with van der Waals surface area (Å²) in [5.74, 6) is -0.0971. The first-order valence-electron chi connectivity index (χ1n) is 8.75. The molecule has 28 heavy (non-hydrogen) atoms. The predicted octanol–water partition coefficient (Wildman–Crippen LogP) is 3.75. The van der Waals surface area contributed by atoms with Crippen molar-refractivity contribution in [2.24, 2.45) is 0 Å². The summed E-state index contributed by atoms with van der Waals surface area (Å²) < 4.78 is 19.3. The van der Waals surface area contributed by atoms with Gasteiger partial charge in [-0.25, -0.2) is 9.37 Å². The third-order valence-electron chi connectivity index (χ3n) is 4.06. The molecule has 7 heteroatoms. The molecule has 3 rings (SSSR count). The van der Waals surface area contributed by atoms with E-state index >= 15 is 0 Å². The number of halogens is 1. The van der Waals surface area contributed by atoms with Gasteiger partial charge in [-0.2, -0.15) is 0 Å². The highest BCUT2D eigenvalue weighted by Gasteiger charge is 2.13. The summed E-state index contributed by atoms with van der Waals surface area (Å²) in [4.78, 5) is 29.8. The van der Waals surface area contributed by atoms with Gasteiger partial charge in [0.25, 0.3) is 5.91 Å². The number of aromatic nitrogens is 1. The lowest BCUT2D eigenvalue weighted by Crippen LogP contribution is -2.22. The first kappa shape index (κ1) is 19.3. The Bertz CT molecular complexity index is 998. The van der Waals surface area contributed by atoms with Crippen molar-refractivity contribution in [2.75, 3.05) is 19.4 Å². The molecule has 1 N–H and O–H groups in total. The molecule has 1 aromatic heterocycles. The Balaban J connectivity index is 1.59. The summed E-state index contributed by atoms with van der Waals surface area (Å²) >= 11 is 0. The third kappa shape index (κ3) is 4.62. The van der Waals surface area contributed by atoms with Crippen molar-refractivity contribution in [2.45, 2.75) is 12.8 Å².